The molecule has 0 unspecified atom stereocenters. The number of thiocarbonyl (C=S) groups is 1. The number of carbonyl (C=O) groups excluding carboxylic acids is 1. The fraction of sp³-hybridized carbons (Fsp3) is 0.200. The molecule has 5 heteroatoms. The first-order valence-electron chi connectivity index (χ1n) is 4.23. The first-order valence-corrected chi connectivity index (χ1v) is 5.40. The van der Waals surface area contributed by atoms with Gasteiger partial charge >= 0.3 is 0 Å². The van der Waals surface area contributed by atoms with E-state index in [4.69, 9.17) is 35.4 Å². The van der Waals surface area contributed by atoms with Crippen molar-refractivity contribution in [1.82, 2.24) is 0 Å². The van der Waals surface area contributed by atoms with Crippen LogP contribution in [0.15, 0.2) is 18.2 Å². The molecular weight excluding hydrogens is 253 g/mol. The highest BCUT2D eigenvalue weighted by atomic mass is 35.5. The number of ketones is 1. The fourth-order valence-corrected chi connectivity index (χ4v) is 1.62. The monoisotopic (exact) mass is 261 g/mol. The van der Waals surface area contributed by atoms with E-state index >= 15 is 0 Å². The molecular formula is C10H9Cl2NOS. The van der Waals surface area contributed by atoms with Gasteiger partial charge in [0.05, 0.1) is 21.5 Å². The smallest absolute Gasteiger partial charge is 0.136 e. The largest absolute Gasteiger partial charge is 0.350 e. The van der Waals surface area contributed by atoms with Gasteiger partial charge in [0, 0.05) is 5.69 Å². The van der Waals surface area contributed by atoms with E-state index in [0.29, 0.717) is 15.0 Å². The number of halogens is 2. The molecule has 0 spiro atoms. The predicted molar refractivity (Wildman–Crippen MR) is 68.0 cm³/mol. The molecule has 0 aromatic heterocycles. The van der Waals surface area contributed by atoms with E-state index in [9.17, 15) is 4.79 Å². The van der Waals surface area contributed by atoms with Crippen molar-refractivity contribution in [3.05, 3.63) is 28.2 Å². The van der Waals surface area contributed by atoms with E-state index in [1.807, 2.05) is 0 Å². The first-order chi connectivity index (χ1) is 6.99. The zero-order chi connectivity index (χ0) is 11.4. The van der Waals surface area contributed by atoms with Crippen molar-refractivity contribution in [3.63, 3.8) is 0 Å². The van der Waals surface area contributed by atoms with Crippen LogP contribution in [-0.2, 0) is 4.79 Å². The summed E-state index contributed by atoms with van der Waals surface area (Å²) in [4.78, 5) is 11.3. The Balaban J connectivity index is 2.69. The Bertz CT molecular complexity index is 406. The zero-order valence-corrected chi connectivity index (χ0v) is 10.3. The second-order valence-corrected chi connectivity index (χ2v) is 4.36. The topological polar surface area (TPSA) is 29.1 Å². The molecule has 0 saturated heterocycles. The molecule has 0 atom stereocenters. The lowest BCUT2D eigenvalue weighted by Crippen LogP contribution is -2.12. The third-order valence-corrected chi connectivity index (χ3v) is 2.60. The highest BCUT2D eigenvalue weighted by molar-refractivity contribution is 7.80. The van der Waals surface area contributed by atoms with Gasteiger partial charge < -0.3 is 5.32 Å². The SMILES string of the molecule is CC(=O)CC(=S)Nc1ccc(Cl)c(Cl)c1. The highest BCUT2D eigenvalue weighted by Crippen LogP contribution is 2.25. The average molecular weight is 262 g/mol. The van der Waals surface area contributed by atoms with E-state index in [2.05, 4.69) is 5.32 Å². The van der Waals surface area contributed by atoms with Crippen LogP contribution in [0.3, 0.4) is 0 Å². The Morgan fingerprint density at radius 1 is 1.40 bits per heavy atom. The van der Waals surface area contributed by atoms with Crippen LogP contribution in [0.1, 0.15) is 13.3 Å². The van der Waals surface area contributed by atoms with Gasteiger partial charge in [-0.25, -0.2) is 0 Å². The Morgan fingerprint density at radius 2 is 2.07 bits per heavy atom. The number of benzene rings is 1. The molecule has 1 aromatic carbocycles. The summed E-state index contributed by atoms with van der Waals surface area (Å²) in [6.07, 6.45) is 0.232. The molecule has 1 N–H and O–H groups in total. The Kier molecular flexibility index (Phi) is 4.51. The molecule has 0 bridgehead atoms. The second kappa shape index (κ2) is 5.45. The van der Waals surface area contributed by atoms with Crippen molar-refractivity contribution < 1.29 is 4.79 Å². The van der Waals surface area contributed by atoms with Crippen LogP contribution in [0.2, 0.25) is 10.0 Å². The molecule has 80 valence electrons. The minimum atomic E-state index is 0.0209. The van der Waals surface area contributed by atoms with Crippen LogP contribution >= 0.6 is 35.4 Å². The molecule has 1 aromatic rings. The summed E-state index contributed by atoms with van der Waals surface area (Å²) in [7, 11) is 0. The van der Waals surface area contributed by atoms with Crippen LogP contribution in [0, 0.1) is 0 Å². The fourth-order valence-electron chi connectivity index (χ4n) is 1.01. The summed E-state index contributed by atoms with van der Waals surface area (Å²) in [5.41, 5.74) is 0.732. The maximum absolute atomic E-state index is 10.8. The zero-order valence-electron chi connectivity index (χ0n) is 8.01. The Morgan fingerprint density at radius 3 is 2.60 bits per heavy atom. The molecule has 1 rings (SSSR count). The molecule has 0 aliphatic heterocycles. The summed E-state index contributed by atoms with van der Waals surface area (Å²) in [5.74, 6) is 0.0209. The van der Waals surface area contributed by atoms with E-state index in [1.165, 1.54) is 6.92 Å². The number of hydrogen-bond donors (Lipinski definition) is 1. The maximum atomic E-state index is 10.8. The van der Waals surface area contributed by atoms with Gasteiger partial charge in [0.1, 0.15) is 5.78 Å². The van der Waals surface area contributed by atoms with Gasteiger partial charge in [0.15, 0.2) is 0 Å². The van der Waals surface area contributed by atoms with Gasteiger partial charge in [0.2, 0.25) is 0 Å². The van der Waals surface area contributed by atoms with E-state index in [-0.39, 0.29) is 12.2 Å². The minimum absolute atomic E-state index is 0.0209. The number of nitrogens with one attached hydrogen (secondary N) is 1. The highest BCUT2D eigenvalue weighted by Gasteiger charge is 2.03. The predicted octanol–water partition coefficient (Wildman–Crippen LogP) is 3.71. The first kappa shape index (κ1) is 12.4. The molecule has 2 nitrogen and oxygen atoms in total. The second-order valence-electron chi connectivity index (χ2n) is 3.06. The van der Waals surface area contributed by atoms with Gasteiger partial charge in [-0.15, -0.1) is 0 Å². The molecule has 0 aliphatic carbocycles. The normalized spacial score (nSPS) is 9.80. The maximum Gasteiger partial charge on any atom is 0.136 e. The van der Waals surface area contributed by atoms with Crippen LogP contribution in [0.4, 0.5) is 5.69 Å². The van der Waals surface area contributed by atoms with Crippen molar-refractivity contribution >= 4 is 51.9 Å². The number of hydrogen-bond acceptors (Lipinski definition) is 2. The number of anilines is 1. The van der Waals surface area contributed by atoms with Crippen molar-refractivity contribution in [2.75, 3.05) is 5.32 Å². The van der Waals surface area contributed by atoms with Crippen molar-refractivity contribution in [1.29, 1.82) is 0 Å². The van der Waals surface area contributed by atoms with Crippen molar-refractivity contribution in [2.45, 2.75) is 13.3 Å². The Labute approximate surface area is 104 Å². The summed E-state index contributed by atoms with van der Waals surface area (Å²) in [6.45, 7) is 1.49. The van der Waals surface area contributed by atoms with Gasteiger partial charge in [0.25, 0.3) is 0 Å². The third kappa shape index (κ3) is 4.16. The van der Waals surface area contributed by atoms with E-state index in [1.54, 1.807) is 18.2 Å². The molecule has 0 heterocycles. The van der Waals surface area contributed by atoms with E-state index in [0.717, 1.165) is 5.69 Å². The molecule has 15 heavy (non-hydrogen) atoms. The number of carbonyl (C=O) groups is 1. The summed E-state index contributed by atoms with van der Waals surface area (Å²) in [5, 5.41) is 3.85. The van der Waals surface area contributed by atoms with Gasteiger partial charge in [-0.1, -0.05) is 35.4 Å². The van der Waals surface area contributed by atoms with Gasteiger partial charge in [-0.05, 0) is 25.1 Å². The standard InChI is InChI=1S/C10H9Cl2NOS/c1-6(14)4-10(15)13-7-2-3-8(11)9(12)5-7/h2-3,5H,4H2,1H3,(H,13,15). The van der Waals surface area contributed by atoms with Crippen molar-refractivity contribution in [2.24, 2.45) is 0 Å². The number of rotatable bonds is 3. The lowest BCUT2D eigenvalue weighted by atomic mass is 10.3. The summed E-state index contributed by atoms with van der Waals surface area (Å²) < 4.78 is 0. The lowest BCUT2D eigenvalue weighted by molar-refractivity contribution is -0.115. The lowest BCUT2D eigenvalue weighted by Gasteiger charge is -2.07. The van der Waals surface area contributed by atoms with Gasteiger partial charge in [-0.2, -0.15) is 0 Å². The quantitative estimate of drug-likeness (QED) is 0.842. The van der Waals surface area contributed by atoms with Crippen molar-refractivity contribution in [3.8, 4) is 0 Å². The average Bonchev–Trinajstić information content (AvgIpc) is 2.10. The van der Waals surface area contributed by atoms with Gasteiger partial charge in [-0.3, -0.25) is 4.79 Å². The molecule has 0 amide bonds. The Hall–Kier alpha value is -0.640. The molecule has 0 fully saturated rings. The minimum Gasteiger partial charge on any atom is -0.350 e. The van der Waals surface area contributed by atoms with Crippen LogP contribution in [0.5, 0.6) is 0 Å². The number of Topliss-reactive ketones (excluding diaryl/α,β-unsaturated/α-hetero) is 1. The van der Waals surface area contributed by atoms with E-state index < -0.39 is 0 Å². The third-order valence-electron chi connectivity index (χ3n) is 1.61. The van der Waals surface area contributed by atoms with Crippen LogP contribution in [-0.4, -0.2) is 10.8 Å². The van der Waals surface area contributed by atoms with Crippen LogP contribution in [0.25, 0.3) is 0 Å². The molecule has 0 radical (unpaired) electrons. The molecule has 0 aliphatic rings. The summed E-state index contributed by atoms with van der Waals surface area (Å²) >= 11 is 16.6. The molecule has 0 saturated carbocycles. The van der Waals surface area contributed by atoms with Crippen LogP contribution < -0.4 is 5.32 Å². The summed E-state index contributed by atoms with van der Waals surface area (Å²) in [6, 6.07) is 5.08.